The highest BCUT2D eigenvalue weighted by molar-refractivity contribution is 5.87. The quantitative estimate of drug-likeness (QED) is 0.856. The minimum atomic E-state index is -0.779. The number of amides is 1. The van der Waals surface area contributed by atoms with Crippen molar-refractivity contribution in [1.82, 2.24) is 5.32 Å². The predicted molar refractivity (Wildman–Crippen MR) is 66.8 cm³/mol. The average molecular weight is 283 g/mol. The van der Waals surface area contributed by atoms with Gasteiger partial charge >= 0.3 is 5.97 Å². The zero-order chi connectivity index (χ0) is 14.9. The smallest absolute Gasteiger partial charge is 0.328 e. The molecule has 1 N–H and O–H groups in total. The second kappa shape index (κ2) is 5.56. The number of esters is 1. The first-order valence-electron chi connectivity index (χ1n) is 6.27. The summed E-state index contributed by atoms with van der Waals surface area (Å²) < 4.78 is 31.6. The molecule has 3 atom stereocenters. The van der Waals surface area contributed by atoms with Gasteiger partial charge in [0, 0.05) is 17.4 Å². The highest BCUT2D eigenvalue weighted by atomic mass is 19.1. The van der Waals surface area contributed by atoms with Gasteiger partial charge in [0.05, 0.1) is 7.11 Å². The van der Waals surface area contributed by atoms with Crippen LogP contribution in [0, 0.1) is 17.6 Å². The predicted octanol–water partition coefficient (Wildman–Crippen LogP) is 1.75. The maximum Gasteiger partial charge on any atom is 0.328 e. The van der Waals surface area contributed by atoms with Crippen molar-refractivity contribution in [3.8, 4) is 0 Å². The summed E-state index contributed by atoms with van der Waals surface area (Å²) in [5.74, 6) is -3.23. The van der Waals surface area contributed by atoms with Crippen molar-refractivity contribution in [3.63, 3.8) is 0 Å². The summed E-state index contributed by atoms with van der Waals surface area (Å²) in [5, 5.41) is 2.47. The van der Waals surface area contributed by atoms with Gasteiger partial charge in [-0.1, -0.05) is 6.07 Å². The fourth-order valence-corrected chi connectivity index (χ4v) is 2.22. The Balaban J connectivity index is 2.01. The van der Waals surface area contributed by atoms with Crippen LogP contribution in [0.1, 0.15) is 24.8 Å². The first-order valence-corrected chi connectivity index (χ1v) is 6.27. The fraction of sp³-hybridized carbons (Fsp3) is 0.429. The third kappa shape index (κ3) is 2.79. The molecule has 0 radical (unpaired) electrons. The van der Waals surface area contributed by atoms with Gasteiger partial charge < -0.3 is 10.1 Å². The lowest BCUT2D eigenvalue weighted by Crippen LogP contribution is -2.40. The third-order valence-electron chi connectivity index (χ3n) is 3.41. The number of carbonyl (C=O) groups excluding carboxylic acids is 2. The number of hydrogen-bond donors (Lipinski definition) is 1. The first kappa shape index (κ1) is 14.4. The largest absolute Gasteiger partial charge is 0.467 e. The van der Waals surface area contributed by atoms with Gasteiger partial charge in [0.1, 0.15) is 17.7 Å². The topological polar surface area (TPSA) is 55.4 Å². The molecule has 2 rings (SSSR count). The van der Waals surface area contributed by atoms with E-state index < -0.39 is 41.4 Å². The van der Waals surface area contributed by atoms with Crippen LogP contribution in [0.15, 0.2) is 18.2 Å². The Labute approximate surface area is 115 Å². The average Bonchev–Trinajstić information content (AvgIpc) is 3.17. The van der Waals surface area contributed by atoms with Gasteiger partial charge in [-0.3, -0.25) is 4.79 Å². The molecule has 108 valence electrons. The van der Waals surface area contributed by atoms with Crippen molar-refractivity contribution in [2.24, 2.45) is 5.92 Å². The van der Waals surface area contributed by atoms with Crippen LogP contribution in [0.5, 0.6) is 0 Å². The number of hydrogen-bond acceptors (Lipinski definition) is 3. The molecule has 0 saturated heterocycles. The van der Waals surface area contributed by atoms with Crippen LogP contribution in [0.25, 0.3) is 0 Å². The second-order valence-electron chi connectivity index (χ2n) is 4.84. The van der Waals surface area contributed by atoms with Crippen LogP contribution in [-0.4, -0.2) is 25.0 Å². The van der Waals surface area contributed by atoms with Crippen molar-refractivity contribution in [1.29, 1.82) is 0 Å². The Morgan fingerprint density at radius 3 is 2.50 bits per heavy atom. The van der Waals surface area contributed by atoms with Crippen LogP contribution in [0.3, 0.4) is 0 Å². The van der Waals surface area contributed by atoms with Gasteiger partial charge in [0.15, 0.2) is 0 Å². The monoisotopic (exact) mass is 283 g/mol. The number of benzene rings is 1. The highest BCUT2D eigenvalue weighted by Crippen LogP contribution is 2.49. The summed E-state index contributed by atoms with van der Waals surface area (Å²) in [6, 6.07) is 2.84. The van der Waals surface area contributed by atoms with E-state index in [0.29, 0.717) is 6.42 Å². The molecule has 1 aromatic carbocycles. The molecule has 6 heteroatoms. The Bertz CT molecular complexity index is 527. The summed E-state index contributed by atoms with van der Waals surface area (Å²) in [4.78, 5) is 23.1. The van der Waals surface area contributed by atoms with Gasteiger partial charge in [-0.2, -0.15) is 0 Å². The normalized spacial score (nSPS) is 22.0. The Morgan fingerprint density at radius 2 is 1.95 bits per heavy atom. The van der Waals surface area contributed by atoms with Crippen molar-refractivity contribution in [2.45, 2.75) is 25.3 Å². The SMILES string of the molecule is COC(=O)[C@H](C)NC(=O)[C@H]1C[C@@H]1c1c(F)cccc1F. The van der Waals surface area contributed by atoms with Gasteiger partial charge in [0.2, 0.25) is 5.91 Å². The summed E-state index contributed by atoms with van der Waals surface area (Å²) in [7, 11) is 1.22. The lowest BCUT2D eigenvalue weighted by atomic mass is 10.1. The van der Waals surface area contributed by atoms with Crippen LogP contribution in [0.4, 0.5) is 8.78 Å². The van der Waals surface area contributed by atoms with Gasteiger partial charge in [-0.15, -0.1) is 0 Å². The maximum atomic E-state index is 13.6. The Hall–Kier alpha value is -1.98. The molecule has 1 saturated carbocycles. The molecule has 4 nitrogen and oxygen atoms in total. The molecule has 0 spiro atoms. The number of carbonyl (C=O) groups is 2. The van der Waals surface area contributed by atoms with Gasteiger partial charge in [-0.25, -0.2) is 13.6 Å². The zero-order valence-corrected chi connectivity index (χ0v) is 11.2. The maximum absolute atomic E-state index is 13.6. The summed E-state index contributed by atoms with van der Waals surface area (Å²) in [6.07, 6.45) is 0.373. The lowest BCUT2D eigenvalue weighted by Gasteiger charge is -2.11. The van der Waals surface area contributed by atoms with E-state index in [-0.39, 0.29) is 5.56 Å². The van der Waals surface area contributed by atoms with Crippen LogP contribution in [0.2, 0.25) is 0 Å². The van der Waals surface area contributed by atoms with E-state index in [1.54, 1.807) is 0 Å². The van der Waals surface area contributed by atoms with E-state index in [4.69, 9.17) is 0 Å². The minimum absolute atomic E-state index is 0.0571. The number of nitrogens with one attached hydrogen (secondary N) is 1. The molecular weight excluding hydrogens is 268 g/mol. The van der Waals surface area contributed by atoms with E-state index in [0.717, 1.165) is 0 Å². The number of methoxy groups -OCH3 is 1. The van der Waals surface area contributed by atoms with Gasteiger partial charge in [-0.05, 0) is 25.5 Å². The van der Waals surface area contributed by atoms with Crippen molar-refractivity contribution >= 4 is 11.9 Å². The molecule has 0 aromatic heterocycles. The Kier molecular flexibility index (Phi) is 4.01. The minimum Gasteiger partial charge on any atom is -0.467 e. The van der Waals surface area contributed by atoms with Crippen molar-refractivity contribution in [2.75, 3.05) is 7.11 Å². The lowest BCUT2D eigenvalue weighted by molar-refractivity contribution is -0.144. The second-order valence-corrected chi connectivity index (χ2v) is 4.84. The molecule has 0 heterocycles. The zero-order valence-electron chi connectivity index (χ0n) is 11.2. The summed E-state index contributed by atoms with van der Waals surface area (Å²) in [5.41, 5.74) is -0.0571. The van der Waals surface area contributed by atoms with E-state index in [2.05, 4.69) is 10.1 Å². The molecule has 0 unspecified atom stereocenters. The van der Waals surface area contributed by atoms with Crippen LogP contribution < -0.4 is 5.32 Å². The van der Waals surface area contributed by atoms with E-state index >= 15 is 0 Å². The number of rotatable bonds is 4. The molecule has 1 amide bonds. The molecule has 1 fully saturated rings. The fourth-order valence-electron chi connectivity index (χ4n) is 2.22. The van der Waals surface area contributed by atoms with E-state index in [1.807, 2.05) is 0 Å². The third-order valence-corrected chi connectivity index (χ3v) is 3.41. The van der Waals surface area contributed by atoms with E-state index in [9.17, 15) is 18.4 Å². The molecule has 1 aliphatic rings. The summed E-state index contributed by atoms with van der Waals surface area (Å²) >= 11 is 0. The van der Waals surface area contributed by atoms with Crippen molar-refractivity contribution < 1.29 is 23.1 Å². The molecule has 0 aliphatic heterocycles. The molecule has 20 heavy (non-hydrogen) atoms. The number of ether oxygens (including phenoxy) is 1. The Morgan fingerprint density at radius 1 is 1.35 bits per heavy atom. The van der Waals surface area contributed by atoms with E-state index in [1.165, 1.54) is 32.2 Å². The molecule has 0 bridgehead atoms. The molecular formula is C14H15F2NO3. The van der Waals surface area contributed by atoms with Gasteiger partial charge in [0.25, 0.3) is 0 Å². The van der Waals surface area contributed by atoms with Crippen molar-refractivity contribution in [3.05, 3.63) is 35.4 Å². The molecule has 1 aliphatic carbocycles. The highest BCUT2D eigenvalue weighted by Gasteiger charge is 2.47. The van der Waals surface area contributed by atoms with Crippen LogP contribution >= 0.6 is 0 Å². The number of halogens is 2. The summed E-state index contributed by atoms with van der Waals surface area (Å²) in [6.45, 7) is 1.49. The standard InChI is InChI=1S/C14H15F2NO3/c1-7(14(19)20-2)17-13(18)9-6-8(9)12-10(15)4-3-5-11(12)16/h3-5,7-9H,6H2,1-2H3,(H,17,18)/t7-,8-,9-/m0/s1. The first-order chi connectivity index (χ1) is 9.45. The molecule has 1 aromatic rings. The van der Waals surface area contributed by atoms with Crippen LogP contribution in [-0.2, 0) is 14.3 Å².